The maximum absolute atomic E-state index is 12.5. The fraction of sp³-hybridized carbons (Fsp3) is 0.600. The van der Waals surface area contributed by atoms with Gasteiger partial charge in [-0.3, -0.25) is 10.1 Å². The quantitative estimate of drug-likeness (QED) is 0.665. The van der Waals surface area contributed by atoms with E-state index in [1.165, 1.54) is 11.4 Å². The number of halogens is 1. The molecule has 1 fully saturated rings. The largest absolute Gasteiger partial charge is 0.317 e. The van der Waals surface area contributed by atoms with Crippen molar-refractivity contribution in [2.75, 3.05) is 20.1 Å². The van der Waals surface area contributed by atoms with Crippen LogP contribution in [0.1, 0.15) is 12.8 Å². The summed E-state index contributed by atoms with van der Waals surface area (Å²) in [6.45, 7) is 1.52. The van der Waals surface area contributed by atoms with E-state index < -0.39 is 14.9 Å². The highest BCUT2D eigenvalue weighted by atomic mass is 35.5. The third-order valence-corrected chi connectivity index (χ3v) is 7.00. The number of hydrogen-bond acceptors (Lipinski definition) is 6. The lowest BCUT2D eigenvalue weighted by atomic mass is 10.1. The average molecular weight is 340 g/mol. The van der Waals surface area contributed by atoms with Gasteiger partial charge in [0.1, 0.15) is 4.21 Å². The molecule has 1 aromatic rings. The Morgan fingerprint density at radius 1 is 1.50 bits per heavy atom. The minimum absolute atomic E-state index is 0.0877. The number of sulfonamides is 1. The van der Waals surface area contributed by atoms with Gasteiger partial charge in [0, 0.05) is 19.2 Å². The van der Waals surface area contributed by atoms with Crippen molar-refractivity contribution in [3.8, 4) is 0 Å². The molecule has 7 nitrogen and oxygen atoms in total. The maximum Gasteiger partial charge on any atom is 0.300 e. The average Bonchev–Trinajstić information content (AvgIpc) is 2.82. The molecule has 20 heavy (non-hydrogen) atoms. The fourth-order valence-corrected chi connectivity index (χ4v) is 5.37. The molecule has 1 aliphatic heterocycles. The van der Waals surface area contributed by atoms with Gasteiger partial charge < -0.3 is 5.32 Å². The highest BCUT2D eigenvalue weighted by Crippen LogP contribution is 2.37. The van der Waals surface area contributed by atoms with Gasteiger partial charge in [0.2, 0.25) is 0 Å². The van der Waals surface area contributed by atoms with E-state index >= 15 is 0 Å². The van der Waals surface area contributed by atoms with Crippen LogP contribution in [-0.2, 0) is 10.0 Å². The molecule has 0 amide bonds. The van der Waals surface area contributed by atoms with Gasteiger partial charge in [-0.1, -0.05) is 11.6 Å². The monoisotopic (exact) mass is 339 g/mol. The summed E-state index contributed by atoms with van der Waals surface area (Å²) in [6.07, 6.45) is 1.44. The van der Waals surface area contributed by atoms with E-state index in [1.807, 2.05) is 0 Å². The van der Waals surface area contributed by atoms with Crippen LogP contribution in [0.15, 0.2) is 10.3 Å². The smallest absolute Gasteiger partial charge is 0.300 e. The Hall–Kier alpha value is -0.740. The number of nitro groups is 1. The minimum atomic E-state index is -3.74. The Kier molecular flexibility index (Phi) is 4.65. The van der Waals surface area contributed by atoms with E-state index in [-0.39, 0.29) is 20.3 Å². The molecule has 2 rings (SSSR count). The van der Waals surface area contributed by atoms with Crippen LogP contribution in [0.25, 0.3) is 0 Å². The third-order valence-electron chi connectivity index (χ3n) is 3.30. The third kappa shape index (κ3) is 2.96. The molecule has 0 aliphatic carbocycles. The number of rotatable bonds is 4. The van der Waals surface area contributed by atoms with Crippen molar-refractivity contribution < 1.29 is 13.3 Å². The molecule has 0 radical (unpaired) electrons. The van der Waals surface area contributed by atoms with Crippen LogP contribution in [0.4, 0.5) is 5.69 Å². The minimum Gasteiger partial charge on any atom is -0.317 e. The molecule has 1 N–H and O–H groups in total. The zero-order chi connectivity index (χ0) is 14.9. The zero-order valence-electron chi connectivity index (χ0n) is 10.7. The second kappa shape index (κ2) is 5.94. The summed E-state index contributed by atoms with van der Waals surface area (Å²) in [5, 5.41) is 13.9. The summed E-state index contributed by atoms with van der Waals surface area (Å²) < 4.78 is 26.0. The molecular weight excluding hydrogens is 326 g/mol. The Bertz CT molecular complexity index is 610. The van der Waals surface area contributed by atoms with E-state index in [0.717, 1.165) is 43.3 Å². The summed E-state index contributed by atoms with van der Waals surface area (Å²) >= 11 is 6.44. The van der Waals surface area contributed by atoms with Crippen molar-refractivity contribution in [1.29, 1.82) is 0 Å². The Labute approximate surface area is 125 Å². The first-order valence-electron chi connectivity index (χ1n) is 5.96. The summed E-state index contributed by atoms with van der Waals surface area (Å²) in [4.78, 5) is 10.1. The first-order chi connectivity index (χ1) is 9.34. The van der Waals surface area contributed by atoms with Crippen molar-refractivity contribution in [2.45, 2.75) is 23.1 Å². The lowest BCUT2D eigenvalue weighted by molar-refractivity contribution is -0.384. The molecule has 0 saturated carbocycles. The topological polar surface area (TPSA) is 92.6 Å². The predicted octanol–water partition coefficient (Wildman–Crippen LogP) is 1.68. The molecule has 10 heteroatoms. The Balaban J connectivity index is 2.29. The summed E-state index contributed by atoms with van der Waals surface area (Å²) in [5.41, 5.74) is -0.367. The Morgan fingerprint density at radius 3 is 2.60 bits per heavy atom. The molecule has 1 aliphatic rings. The van der Waals surface area contributed by atoms with E-state index in [4.69, 9.17) is 11.6 Å². The number of piperidine rings is 1. The first kappa shape index (κ1) is 15.6. The summed E-state index contributed by atoms with van der Waals surface area (Å²) in [6, 6.07) is 0.932. The van der Waals surface area contributed by atoms with Gasteiger partial charge in [-0.2, -0.15) is 4.31 Å². The predicted molar refractivity (Wildman–Crippen MR) is 76.8 cm³/mol. The van der Waals surface area contributed by atoms with Crippen LogP contribution in [-0.4, -0.2) is 43.8 Å². The molecule has 0 atom stereocenters. The number of nitrogens with zero attached hydrogens (tertiary/aromatic N) is 2. The molecule has 112 valence electrons. The van der Waals surface area contributed by atoms with E-state index in [1.54, 1.807) is 0 Å². The number of nitrogens with one attached hydrogen (secondary N) is 1. The fourth-order valence-electron chi connectivity index (χ4n) is 2.10. The second-order valence-electron chi connectivity index (χ2n) is 4.48. The zero-order valence-corrected chi connectivity index (χ0v) is 13.1. The SMILES string of the molecule is CN(C1CCNCC1)S(=O)(=O)c1cc([N+](=O)[O-])c(Cl)s1. The van der Waals surface area contributed by atoms with Crippen LogP contribution < -0.4 is 5.32 Å². The summed E-state index contributed by atoms with van der Waals surface area (Å²) in [7, 11) is -2.23. The first-order valence-corrected chi connectivity index (χ1v) is 8.60. The molecule has 0 bridgehead atoms. The van der Waals surface area contributed by atoms with Crippen LogP contribution in [0.3, 0.4) is 0 Å². The van der Waals surface area contributed by atoms with Crippen LogP contribution >= 0.6 is 22.9 Å². The normalized spacial score (nSPS) is 17.6. The number of hydrogen-bond donors (Lipinski definition) is 1. The lowest BCUT2D eigenvalue weighted by Gasteiger charge is -2.30. The van der Waals surface area contributed by atoms with Crippen molar-refractivity contribution in [3.63, 3.8) is 0 Å². The highest BCUT2D eigenvalue weighted by Gasteiger charge is 2.32. The molecule has 1 aromatic heterocycles. The van der Waals surface area contributed by atoms with Crippen LogP contribution in [0.2, 0.25) is 4.34 Å². The van der Waals surface area contributed by atoms with Gasteiger partial charge >= 0.3 is 0 Å². The second-order valence-corrected chi connectivity index (χ2v) is 8.36. The maximum atomic E-state index is 12.5. The van der Waals surface area contributed by atoms with E-state index in [9.17, 15) is 18.5 Å². The van der Waals surface area contributed by atoms with Crippen LogP contribution in [0.5, 0.6) is 0 Å². The van der Waals surface area contributed by atoms with Crippen molar-refractivity contribution in [1.82, 2.24) is 9.62 Å². The van der Waals surface area contributed by atoms with Gasteiger partial charge in [-0.25, -0.2) is 8.42 Å². The standard InChI is InChI=1S/C10H14ClN3O4S2/c1-13(7-2-4-12-5-3-7)20(17,18)9-6-8(14(15)16)10(11)19-9/h6-7,12H,2-5H2,1H3. The van der Waals surface area contributed by atoms with Gasteiger partial charge in [0.25, 0.3) is 15.7 Å². The van der Waals surface area contributed by atoms with Crippen molar-refractivity contribution in [3.05, 3.63) is 20.5 Å². The molecule has 1 saturated heterocycles. The number of thiophene rings is 1. The van der Waals surface area contributed by atoms with Crippen molar-refractivity contribution in [2.24, 2.45) is 0 Å². The van der Waals surface area contributed by atoms with E-state index in [0.29, 0.717) is 0 Å². The Morgan fingerprint density at radius 2 is 2.10 bits per heavy atom. The van der Waals surface area contributed by atoms with Gasteiger partial charge in [0.15, 0.2) is 4.34 Å². The van der Waals surface area contributed by atoms with Gasteiger partial charge in [-0.15, -0.1) is 11.3 Å². The lowest BCUT2D eigenvalue weighted by Crippen LogP contribution is -2.43. The van der Waals surface area contributed by atoms with Crippen molar-refractivity contribution >= 4 is 38.6 Å². The van der Waals surface area contributed by atoms with Gasteiger partial charge in [-0.05, 0) is 25.9 Å². The van der Waals surface area contributed by atoms with Crippen LogP contribution in [0, 0.1) is 10.1 Å². The van der Waals surface area contributed by atoms with E-state index in [2.05, 4.69) is 5.32 Å². The van der Waals surface area contributed by atoms with Gasteiger partial charge in [0.05, 0.1) is 4.92 Å². The molecule has 0 spiro atoms. The molecule has 0 unspecified atom stereocenters. The molecular formula is C10H14ClN3O4S2. The molecule has 0 aromatic carbocycles. The summed E-state index contributed by atoms with van der Waals surface area (Å²) in [5.74, 6) is 0. The highest BCUT2D eigenvalue weighted by molar-refractivity contribution is 7.91. The molecule has 2 heterocycles.